The number of hydrogen-bond donors (Lipinski definition) is 1. The van der Waals surface area contributed by atoms with Crippen LogP contribution in [-0.4, -0.2) is 17.2 Å². The van der Waals surface area contributed by atoms with Crippen LogP contribution in [0.3, 0.4) is 0 Å². The number of rotatable bonds is 3. The third-order valence-corrected chi connectivity index (χ3v) is 3.82. The molecule has 1 aliphatic rings. The molecule has 0 aromatic heterocycles. The van der Waals surface area contributed by atoms with Crippen molar-refractivity contribution in [2.75, 3.05) is 0 Å². The van der Waals surface area contributed by atoms with Crippen LogP contribution in [0.15, 0.2) is 40.9 Å². The van der Waals surface area contributed by atoms with E-state index in [-0.39, 0.29) is 33.9 Å². The molecule has 0 saturated heterocycles. The maximum atomic E-state index is 12.2. The maximum absolute atomic E-state index is 12.2. The molecule has 1 N–H and O–H groups in total. The van der Waals surface area contributed by atoms with Crippen molar-refractivity contribution >= 4 is 23.5 Å². The molecule has 1 unspecified atom stereocenters. The van der Waals surface area contributed by atoms with Crippen molar-refractivity contribution in [3.8, 4) is 0 Å². The van der Waals surface area contributed by atoms with E-state index in [4.69, 9.17) is 0 Å². The summed E-state index contributed by atoms with van der Waals surface area (Å²) in [6.45, 7) is 1.92. The number of thioether (sulfide) groups is 1. The van der Waals surface area contributed by atoms with Gasteiger partial charge in [-0.25, -0.2) is 0 Å². The van der Waals surface area contributed by atoms with Crippen LogP contribution in [-0.2, 0) is 4.79 Å². The zero-order valence-corrected chi connectivity index (χ0v) is 12.6. The second kappa shape index (κ2) is 6.56. The number of ketones is 1. The Kier molecular flexibility index (Phi) is 4.95. The number of carbonyl (C=O) groups excluding carboxylic acids is 2. The summed E-state index contributed by atoms with van der Waals surface area (Å²) in [7, 11) is 0. The summed E-state index contributed by atoms with van der Waals surface area (Å²) in [5.41, 5.74) is -3.56. The van der Waals surface area contributed by atoms with Crippen molar-refractivity contribution in [1.29, 1.82) is 0 Å². The average Bonchev–Trinajstić information content (AvgIpc) is 2.36. The van der Waals surface area contributed by atoms with E-state index < -0.39 is 11.4 Å². The Hall–Kier alpha value is -1.76. The van der Waals surface area contributed by atoms with Crippen LogP contribution in [0.25, 0.3) is 0 Å². The van der Waals surface area contributed by atoms with Crippen molar-refractivity contribution in [2.45, 2.75) is 30.2 Å². The first-order valence-electron chi connectivity index (χ1n) is 6.63. The van der Waals surface area contributed by atoms with Gasteiger partial charge in [0, 0.05) is 28.7 Å². The Bertz CT molecular complexity index is 608. The highest BCUT2D eigenvalue weighted by atomic mass is 32.2. The maximum Gasteiger partial charge on any atom is 0.446 e. The fourth-order valence-corrected chi connectivity index (χ4v) is 2.76. The molecular weight excluding hydrogens is 315 g/mol. The molecule has 1 aliphatic carbocycles. The Morgan fingerprint density at radius 1 is 1.23 bits per heavy atom. The molecule has 7 heteroatoms. The third-order valence-electron chi connectivity index (χ3n) is 3.08. The molecular formula is C15H14F3NO2S. The first-order chi connectivity index (χ1) is 10.2. The summed E-state index contributed by atoms with van der Waals surface area (Å²) in [6, 6.07) is 5.16. The molecule has 118 valence electrons. The number of nitrogens with one attached hydrogen (secondary N) is 1. The van der Waals surface area contributed by atoms with E-state index in [2.05, 4.69) is 5.32 Å². The van der Waals surface area contributed by atoms with Crippen molar-refractivity contribution in [3.63, 3.8) is 0 Å². The molecule has 3 nitrogen and oxygen atoms in total. The number of halogens is 3. The van der Waals surface area contributed by atoms with Crippen LogP contribution in [0.1, 0.15) is 30.1 Å². The first kappa shape index (κ1) is 16.6. The van der Waals surface area contributed by atoms with Crippen molar-refractivity contribution in [1.82, 2.24) is 5.32 Å². The molecule has 0 fully saturated rings. The lowest BCUT2D eigenvalue weighted by atomic mass is 9.93. The van der Waals surface area contributed by atoms with Gasteiger partial charge < -0.3 is 5.32 Å². The van der Waals surface area contributed by atoms with E-state index in [0.29, 0.717) is 18.5 Å². The van der Waals surface area contributed by atoms with E-state index in [1.807, 2.05) is 6.92 Å². The summed E-state index contributed by atoms with van der Waals surface area (Å²) in [5, 5.41) is 2.64. The fourth-order valence-electron chi connectivity index (χ4n) is 2.22. The van der Waals surface area contributed by atoms with E-state index in [1.165, 1.54) is 30.3 Å². The molecule has 1 atom stereocenters. The molecule has 0 radical (unpaired) electrons. The quantitative estimate of drug-likeness (QED) is 0.855. The van der Waals surface area contributed by atoms with Crippen molar-refractivity contribution in [3.05, 3.63) is 41.6 Å². The van der Waals surface area contributed by atoms with Gasteiger partial charge in [0.15, 0.2) is 5.78 Å². The average molecular weight is 329 g/mol. The van der Waals surface area contributed by atoms with Gasteiger partial charge in [0.1, 0.15) is 0 Å². The SMILES string of the molecule is CC1CC(=O)C=C(NC(=O)c2ccc(SC(F)(F)F)cc2)C1. The molecule has 0 bridgehead atoms. The smallest absolute Gasteiger partial charge is 0.326 e. The topological polar surface area (TPSA) is 46.2 Å². The van der Waals surface area contributed by atoms with Crippen LogP contribution >= 0.6 is 11.8 Å². The highest BCUT2D eigenvalue weighted by molar-refractivity contribution is 8.00. The van der Waals surface area contributed by atoms with E-state index in [9.17, 15) is 22.8 Å². The predicted octanol–water partition coefficient (Wildman–Crippen LogP) is 3.91. The molecule has 22 heavy (non-hydrogen) atoms. The van der Waals surface area contributed by atoms with Crippen LogP contribution in [0.5, 0.6) is 0 Å². The number of carbonyl (C=O) groups is 2. The second-order valence-electron chi connectivity index (χ2n) is 5.18. The molecule has 0 spiro atoms. The molecule has 0 heterocycles. The Labute approximate surface area is 130 Å². The largest absolute Gasteiger partial charge is 0.446 e. The minimum Gasteiger partial charge on any atom is -0.326 e. The second-order valence-corrected chi connectivity index (χ2v) is 6.31. The van der Waals surface area contributed by atoms with Crippen molar-refractivity contribution in [2.24, 2.45) is 5.92 Å². The minimum atomic E-state index is -4.35. The lowest BCUT2D eigenvalue weighted by molar-refractivity contribution is -0.115. The standard InChI is InChI=1S/C15H14F3NO2S/c1-9-6-11(8-12(20)7-9)19-14(21)10-2-4-13(5-3-10)22-15(16,17)18/h2-5,8-9H,6-7H2,1H3,(H,19,21). The molecule has 1 amide bonds. The third kappa shape index (κ3) is 4.91. The van der Waals surface area contributed by atoms with Gasteiger partial charge in [0.2, 0.25) is 0 Å². The Balaban J connectivity index is 2.03. The zero-order valence-electron chi connectivity index (χ0n) is 11.7. The summed E-state index contributed by atoms with van der Waals surface area (Å²) < 4.78 is 36.7. The molecule has 1 aromatic rings. The monoisotopic (exact) mass is 329 g/mol. The number of benzene rings is 1. The zero-order chi connectivity index (χ0) is 16.3. The summed E-state index contributed by atoms with van der Waals surface area (Å²) >= 11 is -0.230. The highest BCUT2D eigenvalue weighted by Gasteiger charge is 2.29. The van der Waals surface area contributed by atoms with Crippen LogP contribution in [0.4, 0.5) is 13.2 Å². The van der Waals surface area contributed by atoms with Gasteiger partial charge in [-0.2, -0.15) is 13.2 Å². The molecule has 0 saturated carbocycles. The normalized spacial score (nSPS) is 18.8. The van der Waals surface area contributed by atoms with Gasteiger partial charge in [0.25, 0.3) is 5.91 Å². The van der Waals surface area contributed by atoms with Crippen molar-refractivity contribution < 1.29 is 22.8 Å². The lowest BCUT2D eigenvalue weighted by Crippen LogP contribution is -2.27. The Morgan fingerprint density at radius 2 is 1.86 bits per heavy atom. The summed E-state index contributed by atoms with van der Waals surface area (Å²) in [6.07, 6.45) is 2.47. The summed E-state index contributed by atoms with van der Waals surface area (Å²) in [5.74, 6) is -0.305. The number of allylic oxidation sites excluding steroid dienone is 2. The fraction of sp³-hybridized carbons (Fsp3) is 0.333. The van der Waals surface area contributed by atoms with Gasteiger partial charge in [0.05, 0.1) is 0 Å². The predicted molar refractivity (Wildman–Crippen MR) is 77.3 cm³/mol. The lowest BCUT2D eigenvalue weighted by Gasteiger charge is -2.18. The first-order valence-corrected chi connectivity index (χ1v) is 7.45. The minimum absolute atomic E-state index is 0.0183. The molecule has 0 aliphatic heterocycles. The van der Waals surface area contributed by atoms with Crippen LogP contribution in [0.2, 0.25) is 0 Å². The van der Waals surface area contributed by atoms with Gasteiger partial charge in [-0.15, -0.1) is 0 Å². The van der Waals surface area contributed by atoms with Gasteiger partial charge in [-0.3, -0.25) is 9.59 Å². The number of hydrogen-bond acceptors (Lipinski definition) is 3. The van der Waals surface area contributed by atoms with Gasteiger partial charge >= 0.3 is 5.51 Å². The van der Waals surface area contributed by atoms with E-state index in [1.54, 1.807) is 0 Å². The van der Waals surface area contributed by atoms with Crippen LogP contribution in [0, 0.1) is 5.92 Å². The molecule has 1 aromatic carbocycles. The van der Waals surface area contributed by atoms with Crippen LogP contribution < -0.4 is 5.32 Å². The number of alkyl halides is 3. The van der Waals surface area contributed by atoms with E-state index >= 15 is 0 Å². The van der Waals surface area contributed by atoms with E-state index in [0.717, 1.165) is 0 Å². The highest BCUT2D eigenvalue weighted by Crippen LogP contribution is 2.36. The number of amides is 1. The van der Waals surface area contributed by atoms with Gasteiger partial charge in [-0.05, 0) is 48.4 Å². The van der Waals surface area contributed by atoms with Gasteiger partial charge in [-0.1, -0.05) is 6.92 Å². The summed E-state index contributed by atoms with van der Waals surface area (Å²) in [4.78, 5) is 23.5. The molecule has 2 rings (SSSR count). The Morgan fingerprint density at radius 3 is 2.41 bits per heavy atom.